The first-order valence-electron chi connectivity index (χ1n) is 4.80. The summed E-state index contributed by atoms with van der Waals surface area (Å²) in [6, 6.07) is 5.24. The zero-order chi connectivity index (χ0) is 11.3. The van der Waals surface area contributed by atoms with E-state index < -0.39 is 0 Å². The summed E-state index contributed by atoms with van der Waals surface area (Å²) in [5.41, 5.74) is 1.56. The van der Waals surface area contributed by atoms with Gasteiger partial charge in [0.1, 0.15) is 0 Å². The highest BCUT2D eigenvalue weighted by molar-refractivity contribution is 6.30. The maximum atomic E-state index is 11.7. The summed E-state index contributed by atoms with van der Waals surface area (Å²) in [7, 11) is 0. The van der Waals surface area contributed by atoms with Crippen molar-refractivity contribution >= 4 is 17.5 Å². The molecule has 1 N–H and O–H groups in total. The molecule has 1 amide bonds. The molecule has 0 radical (unpaired) electrons. The van der Waals surface area contributed by atoms with Crippen LogP contribution >= 0.6 is 11.6 Å². The second kappa shape index (κ2) is 5.56. The molecule has 2 nitrogen and oxygen atoms in total. The van der Waals surface area contributed by atoms with Crippen molar-refractivity contribution in [3.63, 3.8) is 0 Å². The van der Waals surface area contributed by atoms with Gasteiger partial charge in [0.05, 0.1) is 0 Å². The molecular formula is C12H14ClNO. The number of rotatable bonds is 4. The van der Waals surface area contributed by atoms with Crippen LogP contribution in [0.5, 0.6) is 0 Å². The summed E-state index contributed by atoms with van der Waals surface area (Å²) in [5, 5.41) is 3.46. The summed E-state index contributed by atoms with van der Waals surface area (Å²) in [5.74, 6) is -0.0639. The van der Waals surface area contributed by atoms with E-state index in [1.807, 2.05) is 6.92 Å². The predicted octanol–water partition coefficient (Wildman–Crippen LogP) is 2.95. The lowest BCUT2D eigenvalue weighted by Crippen LogP contribution is -2.24. The molecule has 0 bridgehead atoms. The Labute approximate surface area is 94.9 Å². The summed E-state index contributed by atoms with van der Waals surface area (Å²) in [6.45, 7) is 6.08. The van der Waals surface area contributed by atoms with Crippen molar-refractivity contribution in [1.29, 1.82) is 0 Å². The van der Waals surface area contributed by atoms with Crippen LogP contribution in [0.25, 0.3) is 0 Å². The second-order valence-electron chi connectivity index (χ2n) is 3.29. The zero-order valence-electron chi connectivity index (χ0n) is 8.72. The van der Waals surface area contributed by atoms with E-state index in [9.17, 15) is 4.79 Å². The van der Waals surface area contributed by atoms with E-state index in [1.165, 1.54) is 0 Å². The third-order valence-corrected chi connectivity index (χ3v) is 2.30. The summed E-state index contributed by atoms with van der Waals surface area (Å²) in [4.78, 5) is 11.7. The Kier molecular flexibility index (Phi) is 4.37. The number of hydrogen-bond donors (Lipinski definition) is 1. The number of nitrogens with one attached hydrogen (secondary N) is 1. The first-order valence-corrected chi connectivity index (χ1v) is 5.18. The van der Waals surface area contributed by atoms with Gasteiger partial charge < -0.3 is 5.32 Å². The quantitative estimate of drug-likeness (QED) is 0.617. The van der Waals surface area contributed by atoms with E-state index in [1.54, 1.807) is 24.3 Å². The van der Waals surface area contributed by atoms with Crippen molar-refractivity contribution in [2.45, 2.75) is 13.3 Å². The summed E-state index contributed by atoms with van der Waals surface area (Å²) < 4.78 is 0. The molecule has 80 valence electrons. The first kappa shape index (κ1) is 11.8. The molecule has 0 saturated carbocycles. The number of carbonyl (C=O) groups excluding carboxylic acids is 1. The number of carbonyl (C=O) groups is 1. The molecular weight excluding hydrogens is 210 g/mol. The number of benzene rings is 1. The maximum absolute atomic E-state index is 11.7. The molecule has 3 heteroatoms. The molecule has 1 aromatic rings. The van der Waals surface area contributed by atoms with Crippen molar-refractivity contribution in [2.24, 2.45) is 0 Å². The van der Waals surface area contributed by atoms with Gasteiger partial charge in [-0.25, -0.2) is 0 Å². The maximum Gasteiger partial charge on any atom is 0.251 e. The van der Waals surface area contributed by atoms with Crippen LogP contribution in [0.3, 0.4) is 0 Å². The van der Waals surface area contributed by atoms with Gasteiger partial charge in [0.2, 0.25) is 0 Å². The third kappa shape index (κ3) is 3.40. The molecule has 0 heterocycles. The van der Waals surface area contributed by atoms with Crippen molar-refractivity contribution in [3.8, 4) is 0 Å². The van der Waals surface area contributed by atoms with Crippen LogP contribution in [0.4, 0.5) is 0 Å². The Morgan fingerprint density at radius 1 is 1.60 bits per heavy atom. The van der Waals surface area contributed by atoms with Gasteiger partial charge in [0.15, 0.2) is 0 Å². The van der Waals surface area contributed by atoms with E-state index in [0.29, 0.717) is 17.1 Å². The highest BCUT2D eigenvalue weighted by atomic mass is 35.5. The molecule has 1 aromatic carbocycles. The molecule has 1 rings (SSSR count). The lowest BCUT2D eigenvalue weighted by Gasteiger charge is -2.06. The predicted molar refractivity (Wildman–Crippen MR) is 63.3 cm³/mol. The standard InChI is InChI=1S/C12H14ClNO/c1-3-4-7-14-12(15)11-6-5-10(13)8-9(11)2/h3,5-6,8H,1,4,7H2,2H3,(H,14,15). The van der Waals surface area contributed by atoms with Gasteiger partial charge in [-0.15, -0.1) is 6.58 Å². The minimum Gasteiger partial charge on any atom is -0.352 e. The third-order valence-electron chi connectivity index (χ3n) is 2.07. The van der Waals surface area contributed by atoms with E-state index in [2.05, 4.69) is 11.9 Å². The second-order valence-corrected chi connectivity index (χ2v) is 3.73. The largest absolute Gasteiger partial charge is 0.352 e. The molecule has 0 unspecified atom stereocenters. The molecule has 0 aliphatic carbocycles. The first-order chi connectivity index (χ1) is 7.15. The van der Waals surface area contributed by atoms with Crippen LogP contribution in [-0.4, -0.2) is 12.5 Å². The highest BCUT2D eigenvalue weighted by Crippen LogP contribution is 2.14. The number of halogens is 1. The molecule has 0 spiro atoms. The van der Waals surface area contributed by atoms with Gasteiger partial charge in [0, 0.05) is 17.1 Å². The number of amides is 1. The molecule has 0 saturated heterocycles. The molecule has 0 aliphatic rings. The fraction of sp³-hybridized carbons (Fsp3) is 0.250. The van der Waals surface area contributed by atoms with Crippen LogP contribution in [0.1, 0.15) is 22.3 Å². The van der Waals surface area contributed by atoms with Gasteiger partial charge in [-0.2, -0.15) is 0 Å². The van der Waals surface area contributed by atoms with Gasteiger partial charge in [0.25, 0.3) is 5.91 Å². The van der Waals surface area contributed by atoms with Gasteiger partial charge in [-0.3, -0.25) is 4.79 Å². The highest BCUT2D eigenvalue weighted by Gasteiger charge is 2.07. The van der Waals surface area contributed by atoms with Gasteiger partial charge in [-0.1, -0.05) is 17.7 Å². The van der Waals surface area contributed by atoms with E-state index in [0.717, 1.165) is 12.0 Å². The lowest BCUT2D eigenvalue weighted by molar-refractivity contribution is 0.0954. The average Bonchev–Trinajstić information content (AvgIpc) is 2.17. The Morgan fingerprint density at radius 3 is 2.93 bits per heavy atom. The van der Waals surface area contributed by atoms with Gasteiger partial charge in [-0.05, 0) is 37.1 Å². The molecule has 0 fully saturated rings. The minimum absolute atomic E-state index is 0.0639. The summed E-state index contributed by atoms with van der Waals surface area (Å²) in [6.07, 6.45) is 2.55. The Bertz CT molecular complexity index is 374. The van der Waals surface area contributed by atoms with Crippen LogP contribution in [0, 0.1) is 6.92 Å². The number of hydrogen-bond acceptors (Lipinski definition) is 1. The van der Waals surface area contributed by atoms with Crippen molar-refractivity contribution in [2.75, 3.05) is 6.54 Å². The van der Waals surface area contributed by atoms with Crippen LogP contribution in [-0.2, 0) is 0 Å². The smallest absolute Gasteiger partial charge is 0.251 e. The van der Waals surface area contributed by atoms with E-state index >= 15 is 0 Å². The molecule has 0 atom stereocenters. The Balaban J connectivity index is 2.69. The van der Waals surface area contributed by atoms with Crippen LogP contribution in [0.15, 0.2) is 30.9 Å². The fourth-order valence-electron chi connectivity index (χ4n) is 1.26. The van der Waals surface area contributed by atoms with Crippen molar-refractivity contribution in [3.05, 3.63) is 47.0 Å². The summed E-state index contributed by atoms with van der Waals surface area (Å²) >= 11 is 5.80. The van der Waals surface area contributed by atoms with E-state index in [4.69, 9.17) is 11.6 Å². The fourth-order valence-corrected chi connectivity index (χ4v) is 1.49. The Hall–Kier alpha value is -1.28. The normalized spacial score (nSPS) is 9.73. The SMILES string of the molecule is C=CCCNC(=O)c1ccc(Cl)cc1C. The topological polar surface area (TPSA) is 29.1 Å². The van der Waals surface area contributed by atoms with E-state index in [-0.39, 0.29) is 5.91 Å². The van der Waals surface area contributed by atoms with Crippen LogP contribution in [0.2, 0.25) is 5.02 Å². The molecule has 0 aromatic heterocycles. The van der Waals surface area contributed by atoms with Crippen molar-refractivity contribution in [1.82, 2.24) is 5.32 Å². The average molecular weight is 224 g/mol. The van der Waals surface area contributed by atoms with Crippen molar-refractivity contribution < 1.29 is 4.79 Å². The lowest BCUT2D eigenvalue weighted by atomic mass is 10.1. The zero-order valence-corrected chi connectivity index (χ0v) is 9.47. The van der Waals surface area contributed by atoms with Gasteiger partial charge >= 0.3 is 0 Å². The Morgan fingerprint density at radius 2 is 2.33 bits per heavy atom. The van der Waals surface area contributed by atoms with Crippen LogP contribution < -0.4 is 5.32 Å². The molecule has 0 aliphatic heterocycles. The number of aryl methyl sites for hydroxylation is 1. The minimum atomic E-state index is -0.0639. The molecule has 15 heavy (non-hydrogen) atoms. The monoisotopic (exact) mass is 223 g/mol.